The van der Waals surface area contributed by atoms with Crippen LogP contribution in [0.5, 0.6) is 11.5 Å². The third-order valence-electron chi connectivity index (χ3n) is 2.80. The molecule has 0 heterocycles. The van der Waals surface area contributed by atoms with Gasteiger partial charge in [0, 0.05) is 21.5 Å². The number of benzene rings is 2. The van der Waals surface area contributed by atoms with Crippen molar-refractivity contribution in [2.75, 3.05) is 19.5 Å². The van der Waals surface area contributed by atoms with Crippen molar-refractivity contribution in [3.63, 3.8) is 0 Å². The fourth-order valence-corrected chi connectivity index (χ4v) is 2.67. The first-order valence-electron chi connectivity index (χ1n) is 6.67. The second-order valence-electron chi connectivity index (χ2n) is 4.45. The normalized spacial score (nSPS) is 10.4. The molecular formula is C16H18FNO2S. The molecule has 0 atom stereocenters. The zero-order valence-electron chi connectivity index (χ0n) is 12.1. The van der Waals surface area contributed by atoms with Crippen LogP contribution in [-0.4, -0.2) is 13.7 Å². The van der Waals surface area contributed by atoms with Crippen molar-refractivity contribution in [2.24, 2.45) is 0 Å². The van der Waals surface area contributed by atoms with Gasteiger partial charge < -0.3 is 15.2 Å². The van der Waals surface area contributed by atoms with Crippen LogP contribution in [-0.2, 0) is 0 Å². The Kier molecular flexibility index (Phi) is 5.33. The standard InChI is InChI=1S/C16H18FNO2S/c1-3-7-20-15-10-16(14(18)9-13(15)17)21-12-6-4-5-11(8-12)19-2/h4-6,8-10H,3,7,18H2,1-2H3. The van der Waals surface area contributed by atoms with E-state index in [9.17, 15) is 4.39 Å². The van der Waals surface area contributed by atoms with Crippen molar-refractivity contribution in [1.82, 2.24) is 0 Å². The summed E-state index contributed by atoms with van der Waals surface area (Å²) < 4.78 is 24.4. The van der Waals surface area contributed by atoms with Crippen molar-refractivity contribution in [3.05, 3.63) is 42.2 Å². The molecule has 0 aliphatic heterocycles. The molecule has 112 valence electrons. The molecule has 0 aliphatic carbocycles. The van der Waals surface area contributed by atoms with E-state index in [4.69, 9.17) is 15.2 Å². The number of methoxy groups -OCH3 is 1. The molecule has 0 aliphatic rings. The smallest absolute Gasteiger partial charge is 0.167 e. The summed E-state index contributed by atoms with van der Waals surface area (Å²) in [7, 11) is 1.62. The highest BCUT2D eigenvalue weighted by molar-refractivity contribution is 7.99. The second-order valence-corrected chi connectivity index (χ2v) is 5.57. The van der Waals surface area contributed by atoms with Crippen LogP contribution in [0.15, 0.2) is 46.2 Å². The number of nitrogens with two attached hydrogens (primary N) is 1. The lowest BCUT2D eigenvalue weighted by Gasteiger charge is -2.11. The van der Waals surface area contributed by atoms with Crippen LogP contribution in [0.1, 0.15) is 13.3 Å². The van der Waals surface area contributed by atoms with E-state index in [1.54, 1.807) is 13.2 Å². The highest BCUT2D eigenvalue weighted by Gasteiger charge is 2.11. The zero-order chi connectivity index (χ0) is 15.2. The number of halogens is 1. The molecule has 0 aromatic heterocycles. The lowest BCUT2D eigenvalue weighted by molar-refractivity contribution is 0.300. The Morgan fingerprint density at radius 3 is 2.76 bits per heavy atom. The topological polar surface area (TPSA) is 44.5 Å². The number of anilines is 1. The predicted molar refractivity (Wildman–Crippen MR) is 83.7 cm³/mol. The lowest BCUT2D eigenvalue weighted by Crippen LogP contribution is -1.99. The molecule has 0 unspecified atom stereocenters. The number of nitrogen functional groups attached to an aromatic ring is 1. The zero-order valence-corrected chi connectivity index (χ0v) is 12.9. The molecule has 21 heavy (non-hydrogen) atoms. The Morgan fingerprint density at radius 1 is 1.24 bits per heavy atom. The number of rotatable bonds is 6. The van der Waals surface area contributed by atoms with Crippen LogP contribution in [0.3, 0.4) is 0 Å². The molecule has 2 N–H and O–H groups in total. The molecule has 0 saturated carbocycles. The van der Waals surface area contributed by atoms with Crippen LogP contribution < -0.4 is 15.2 Å². The van der Waals surface area contributed by atoms with Gasteiger partial charge in [-0.05, 0) is 30.7 Å². The van der Waals surface area contributed by atoms with Gasteiger partial charge in [0.2, 0.25) is 0 Å². The van der Waals surface area contributed by atoms with Gasteiger partial charge in [-0.25, -0.2) is 4.39 Å². The molecular weight excluding hydrogens is 289 g/mol. The van der Waals surface area contributed by atoms with Crippen molar-refractivity contribution in [1.29, 1.82) is 0 Å². The average molecular weight is 307 g/mol. The van der Waals surface area contributed by atoms with Crippen LogP contribution >= 0.6 is 11.8 Å². The summed E-state index contributed by atoms with van der Waals surface area (Å²) in [6.07, 6.45) is 0.822. The van der Waals surface area contributed by atoms with Gasteiger partial charge in [0.25, 0.3) is 0 Å². The maximum Gasteiger partial charge on any atom is 0.167 e. The fraction of sp³-hybridized carbons (Fsp3) is 0.250. The van der Waals surface area contributed by atoms with Crippen LogP contribution in [0, 0.1) is 5.82 Å². The van der Waals surface area contributed by atoms with Crippen molar-refractivity contribution >= 4 is 17.4 Å². The van der Waals surface area contributed by atoms with Gasteiger partial charge in [0.1, 0.15) is 5.75 Å². The van der Waals surface area contributed by atoms with E-state index >= 15 is 0 Å². The van der Waals surface area contributed by atoms with E-state index < -0.39 is 5.82 Å². The quantitative estimate of drug-likeness (QED) is 0.806. The summed E-state index contributed by atoms with van der Waals surface area (Å²) in [5.41, 5.74) is 6.28. The summed E-state index contributed by atoms with van der Waals surface area (Å²) in [5, 5.41) is 0. The van der Waals surface area contributed by atoms with Gasteiger partial charge in [0.15, 0.2) is 11.6 Å². The molecule has 5 heteroatoms. The van der Waals surface area contributed by atoms with Gasteiger partial charge in [-0.15, -0.1) is 0 Å². The largest absolute Gasteiger partial charge is 0.497 e. The Morgan fingerprint density at radius 2 is 2.05 bits per heavy atom. The fourth-order valence-electron chi connectivity index (χ4n) is 1.75. The lowest BCUT2D eigenvalue weighted by atomic mass is 10.3. The van der Waals surface area contributed by atoms with E-state index in [1.165, 1.54) is 17.8 Å². The van der Waals surface area contributed by atoms with E-state index in [0.29, 0.717) is 12.3 Å². The first kappa shape index (κ1) is 15.5. The van der Waals surface area contributed by atoms with Gasteiger partial charge >= 0.3 is 0 Å². The Labute approximate surface area is 128 Å². The predicted octanol–water partition coefficient (Wildman–Crippen LogP) is 4.36. The maximum atomic E-state index is 13.8. The Bertz CT molecular complexity index is 619. The van der Waals surface area contributed by atoms with Crippen molar-refractivity contribution in [2.45, 2.75) is 23.1 Å². The van der Waals surface area contributed by atoms with Crippen LogP contribution in [0.4, 0.5) is 10.1 Å². The number of ether oxygens (including phenoxy) is 2. The minimum absolute atomic E-state index is 0.233. The highest BCUT2D eigenvalue weighted by atomic mass is 32.2. The van der Waals surface area contributed by atoms with E-state index in [1.807, 2.05) is 31.2 Å². The Hall–Kier alpha value is -1.88. The summed E-state index contributed by atoms with van der Waals surface area (Å²) >= 11 is 1.45. The first-order chi connectivity index (χ1) is 10.1. The van der Waals surface area contributed by atoms with E-state index in [2.05, 4.69) is 0 Å². The molecule has 3 nitrogen and oxygen atoms in total. The van der Waals surface area contributed by atoms with E-state index in [0.717, 1.165) is 22.0 Å². The third kappa shape index (κ3) is 4.04. The highest BCUT2D eigenvalue weighted by Crippen LogP contribution is 2.37. The summed E-state index contributed by atoms with van der Waals surface area (Å²) in [4.78, 5) is 1.73. The van der Waals surface area contributed by atoms with Gasteiger partial charge in [-0.3, -0.25) is 0 Å². The average Bonchev–Trinajstić information content (AvgIpc) is 2.49. The molecule has 2 rings (SSSR count). The van der Waals surface area contributed by atoms with E-state index in [-0.39, 0.29) is 5.75 Å². The molecule has 2 aromatic carbocycles. The Balaban J connectivity index is 2.25. The molecule has 0 radical (unpaired) electrons. The van der Waals surface area contributed by atoms with Crippen molar-refractivity contribution < 1.29 is 13.9 Å². The molecule has 0 fully saturated rings. The van der Waals surface area contributed by atoms with Gasteiger partial charge in [-0.2, -0.15) is 0 Å². The molecule has 2 aromatic rings. The van der Waals surface area contributed by atoms with Crippen LogP contribution in [0.2, 0.25) is 0 Å². The minimum atomic E-state index is -0.434. The minimum Gasteiger partial charge on any atom is -0.497 e. The summed E-state index contributed by atoms with van der Waals surface area (Å²) in [5.74, 6) is 0.565. The maximum absolute atomic E-state index is 13.8. The second kappa shape index (κ2) is 7.22. The summed E-state index contributed by atoms with van der Waals surface area (Å²) in [6.45, 7) is 2.45. The molecule has 0 saturated heterocycles. The SMILES string of the molecule is CCCOc1cc(Sc2cccc(OC)c2)c(N)cc1F. The molecule has 0 spiro atoms. The molecule has 0 amide bonds. The summed E-state index contributed by atoms with van der Waals surface area (Å²) in [6, 6.07) is 10.6. The third-order valence-corrected chi connectivity index (χ3v) is 3.86. The number of hydrogen-bond donors (Lipinski definition) is 1. The molecule has 0 bridgehead atoms. The first-order valence-corrected chi connectivity index (χ1v) is 7.49. The van der Waals surface area contributed by atoms with Crippen molar-refractivity contribution in [3.8, 4) is 11.5 Å². The van der Waals surface area contributed by atoms with Gasteiger partial charge in [-0.1, -0.05) is 24.8 Å². The van der Waals surface area contributed by atoms with Crippen LogP contribution in [0.25, 0.3) is 0 Å². The van der Waals surface area contributed by atoms with Gasteiger partial charge in [0.05, 0.1) is 13.7 Å². The monoisotopic (exact) mass is 307 g/mol. The number of hydrogen-bond acceptors (Lipinski definition) is 4.